The van der Waals surface area contributed by atoms with E-state index in [-0.39, 0.29) is 23.1 Å². The first-order valence-electron chi connectivity index (χ1n) is 6.99. The molecule has 0 amide bonds. The zero-order valence-corrected chi connectivity index (χ0v) is 12.7. The van der Waals surface area contributed by atoms with E-state index in [0.29, 0.717) is 6.54 Å². The van der Waals surface area contributed by atoms with Crippen molar-refractivity contribution in [1.29, 1.82) is 0 Å². The number of nitro groups is 1. The monoisotopic (exact) mass is 297 g/mol. The van der Waals surface area contributed by atoms with Crippen LogP contribution in [0.25, 0.3) is 0 Å². The van der Waals surface area contributed by atoms with E-state index in [9.17, 15) is 10.1 Å². The highest BCUT2D eigenvalue weighted by Gasteiger charge is 2.21. The Morgan fingerprint density at radius 3 is 2.57 bits per heavy atom. The number of hydrogen-bond acceptors (Lipinski definition) is 8. The van der Waals surface area contributed by atoms with Crippen LogP contribution in [0.3, 0.4) is 0 Å². The molecule has 9 nitrogen and oxygen atoms in total. The molecule has 0 aliphatic rings. The second-order valence-electron chi connectivity index (χ2n) is 4.59. The lowest BCUT2D eigenvalue weighted by molar-refractivity contribution is -0.385. The number of hydrazine groups is 1. The number of hydrogen-bond donors (Lipinski definition) is 3. The highest BCUT2D eigenvalue weighted by molar-refractivity contribution is 5.60. The summed E-state index contributed by atoms with van der Waals surface area (Å²) in [6, 6.07) is 0. The smallest absolute Gasteiger partial charge is 0.332 e. The van der Waals surface area contributed by atoms with Gasteiger partial charge in [-0.15, -0.1) is 0 Å². The molecule has 0 aliphatic carbocycles. The number of likely N-dealkylation sites (N-methyl/N-ethyl adjacent to an activating group) is 1. The summed E-state index contributed by atoms with van der Waals surface area (Å²) in [7, 11) is 0. The number of rotatable bonds is 9. The molecule has 0 aliphatic heterocycles. The van der Waals surface area contributed by atoms with Crippen molar-refractivity contribution < 1.29 is 4.92 Å². The summed E-state index contributed by atoms with van der Waals surface area (Å²) in [5.74, 6) is 5.61. The van der Waals surface area contributed by atoms with Crippen LogP contribution in [-0.4, -0.2) is 46.0 Å². The van der Waals surface area contributed by atoms with Gasteiger partial charge in [0.05, 0.1) is 4.92 Å². The van der Waals surface area contributed by atoms with Crippen LogP contribution in [0.1, 0.15) is 26.0 Å². The van der Waals surface area contributed by atoms with Gasteiger partial charge in [0.15, 0.2) is 0 Å². The van der Waals surface area contributed by atoms with Gasteiger partial charge >= 0.3 is 5.69 Å². The molecule has 1 heterocycles. The first-order valence-corrected chi connectivity index (χ1v) is 6.99. The van der Waals surface area contributed by atoms with Crippen LogP contribution in [0.4, 0.5) is 17.5 Å². The Kier molecular flexibility index (Phi) is 6.76. The number of aryl methyl sites for hydroxylation is 1. The Labute approximate surface area is 124 Å². The maximum absolute atomic E-state index is 11.1. The molecule has 0 bridgehead atoms. The van der Waals surface area contributed by atoms with Crippen LogP contribution in [0.15, 0.2) is 0 Å². The zero-order valence-electron chi connectivity index (χ0n) is 12.7. The Balaban J connectivity index is 2.81. The first kappa shape index (κ1) is 17.1. The first-order chi connectivity index (χ1) is 10.0. The molecule has 9 heteroatoms. The zero-order chi connectivity index (χ0) is 15.8. The van der Waals surface area contributed by atoms with Gasteiger partial charge in [0.1, 0.15) is 5.69 Å². The average molecular weight is 297 g/mol. The van der Waals surface area contributed by atoms with Gasteiger partial charge in [-0.3, -0.25) is 15.5 Å². The number of nitrogens with two attached hydrogens (primary N) is 1. The molecule has 0 saturated carbocycles. The van der Waals surface area contributed by atoms with E-state index in [0.717, 1.165) is 26.1 Å². The molecule has 4 N–H and O–H groups in total. The van der Waals surface area contributed by atoms with Crippen molar-refractivity contribution in [1.82, 2.24) is 14.9 Å². The minimum absolute atomic E-state index is 0.118. The minimum Gasteiger partial charge on any atom is -0.363 e. The summed E-state index contributed by atoms with van der Waals surface area (Å²) in [4.78, 5) is 20.8. The molecule has 1 aromatic heterocycles. The molecule has 0 fully saturated rings. The second kappa shape index (κ2) is 8.32. The van der Waals surface area contributed by atoms with Crippen LogP contribution in [0.2, 0.25) is 0 Å². The standard InChI is InChI=1S/C12H23N7O2/c1-4-7-18(5-2)8-6-14-11-10(19(20)21)9(3)15-12(16-11)17-13/h4-8,13H2,1-3H3,(H2,14,15,16,17). The molecule has 0 atom stereocenters. The Hall–Kier alpha value is -2.00. The lowest BCUT2D eigenvalue weighted by atomic mass is 10.3. The SMILES string of the molecule is CCCN(CC)CCNc1nc(NN)nc(C)c1[N+](=O)[O-]. The van der Waals surface area contributed by atoms with Gasteiger partial charge in [-0.1, -0.05) is 13.8 Å². The lowest BCUT2D eigenvalue weighted by Gasteiger charge is -2.19. The van der Waals surface area contributed by atoms with Crippen LogP contribution in [0, 0.1) is 17.0 Å². The average Bonchev–Trinajstić information content (AvgIpc) is 2.45. The predicted octanol–water partition coefficient (Wildman–Crippen LogP) is 1.12. The van der Waals surface area contributed by atoms with Crippen molar-refractivity contribution in [2.45, 2.75) is 27.2 Å². The number of aromatic nitrogens is 2. The molecule has 0 spiro atoms. The highest BCUT2D eigenvalue weighted by atomic mass is 16.6. The third kappa shape index (κ3) is 4.80. The summed E-state index contributed by atoms with van der Waals surface area (Å²) in [6.07, 6.45) is 1.07. The fourth-order valence-electron chi connectivity index (χ4n) is 2.05. The van der Waals surface area contributed by atoms with Crippen LogP contribution in [-0.2, 0) is 0 Å². The van der Waals surface area contributed by atoms with Crippen molar-refractivity contribution >= 4 is 17.5 Å². The van der Waals surface area contributed by atoms with Crippen LogP contribution in [0.5, 0.6) is 0 Å². The van der Waals surface area contributed by atoms with Crippen molar-refractivity contribution in [3.8, 4) is 0 Å². The van der Waals surface area contributed by atoms with Gasteiger partial charge in [0, 0.05) is 13.1 Å². The van der Waals surface area contributed by atoms with Crippen molar-refractivity contribution in [2.24, 2.45) is 5.84 Å². The van der Waals surface area contributed by atoms with Gasteiger partial charge in [-0.25, -0.2) is 10.8 Å². The molecule has 0 radical (unpaired) electrons. The summed E-state index contributed by atoms with van der Waals surface area (Å²) >= 11 is 0. The van der Waals surface area contributed by atoms with Gasteiger partial charge < -0.3 is 10.2 Å². The summed E-state index contributed by atoms with van der Waals surface area (Å²) in [5, 5.41) is 14.1. The maximum atomic E-state index is 11.1. The minimum atomic E-state index is -0.485. The van der Waals surface area contributed by atoms with E-state index in [1.165, 1.54) is 0 Å². The molecule has 21 heavy (non-hydrogen) atoms. The van der Waals surface area contributed by atoms with E-state index in [4.69, 9.17) is 5.84 Å². The molecule has 0 unspecified atom stereocenters. The molecule has 1 rings (SSSR count). The summed E-state index contributed by atoms with van der Waals surface area (Å²) in [5.41, 5.74) is 2.46. The van der Waals surface area contributed by atoms with E-state index < -0.39 is 4.92 Å². The fourth-order valence-corrected chi connectivity index (χ4v) is 2.05. The van der Waals surface area contributed by atoms with Gasteiger partial charge in [-0.05, 0) is 26.4 Å². The Morgan fingerprint density at radius 2 is 2.05 bits per heavy atom. The lowest BCUT2D eigenvalue weighted by Crippen LogP contribution is -2.30. The van der Waals surface area contributed by atoms with Crippen LogP contribution < -0.4 is 16.6 Å². The van der Waals surface area contributed by atoms with Crippen molar-refractivity contribution in [3.05, 3.63) is 15.8 Å². The van der Waals surface area contributed by atoms with Gasteiger partial charge in [0.2, 0.25) is 11.8 Å². The summed E-state index contributed by atoms with van der Waals surface area (Å²) in [6.45, 7) is 9.05. The largest absolute Gasteiger partial charge is 0.363 e. The molecular weight excluding hydrogens is 274 g/mol. The number of nitrogens with zero attached hydrogens (tertiary/aromatic N) is 4. The fraction of sp³-hybridized carbons (Fsp3) is 0.667. The van der Waals surface area contributed by atoms with E-state index in [2.05, 4.69) is 39.5 Å². The Morgan fingerprint density at radius 1 is 1.33 bits per heavy atom. The van der Waals surface area contributed by atoms with Crippen molar-refractivity contribution in [3.63, 3.8) is 0 Å². The highest BCUT2D eigenvalue weighted by Crippen LogP contribution is 2.25. The number of nitrogen functional groups attached to an aromatic ring is 1. The van der Waals surface area contributed by atoms with E-state index in [1.807, 2.05) is 0 Å². The van der Waals surface area contributed by atoms with E-state index in [1.54, 1.807) is 6.92 Å². The second-order valence-corrected chi connectivity index (χ2v) is 4.59. The summed E-state index contributed by atoms with van der Waals surface area (Å²) < 4.78 is 0. The van der Waals surface area contributed by atoms with Crippen LogP contribution >= 0.6 is 0 Å². The quantitative estimate of drug-likeness (QED) is 0.352. The number of anilines is 2. The van der Waals surface area contributed by atoms with Gasteiger partial charge in [0.25, 0.3) is 0 Å². The molecule has 118 valence electrons. The van der Waals surface area contributed by atoms with Gasteiger partial charge in [-0.2, -0.15) is 4.98 Å². The van der Waals surface area contributed by atoms with Crippen molar-refractivity contribution in [2.75, 3.05) is 36.9 Å². The molecule has 0 aromatic carbocycles. The third-order valence-electron chi connectivity index (χ3n) is 3.08. The van der Waals surface area contributed by atoms with E-state index >= 15 is 0 Å². The molecular formula is C12H23N7O2. The third-order valence-corrected chi connectivity index (χ3v) is 3.08. The maximum Gasteiger partial charge on any atom is 0.332 e. The normalized spacial score (nSPS) is 10.7. The Bertz CT molecular complexity index is 481. The molecule has 1 aromatic rings. The number of nitrogens with one attached hydrogen (secondary N) is 2. The predicted molar refractivity (Wildman–Crippen MR) is 82.1 cm³/mol. The topological polar surface area (TPSA) is 122 Å². The molecule has 0 saturated heterocycles.